The Morgan fingerprint density at radius 3 is 1.48 bits per heavy atom. The largest absolute Gasteiger partial charge is 0.309 e. The van der Waals surface area contributed by atoms with Crippen molar-refractivity contribution in [1.29, 1.82) is 0 Å². The van der Waals surface area contributed by atoms with Crippen molar-refractivity contribution in [2.75, 3.05) is 0 Å². The molecule has 13 rings (SSSR count). The Hall–Kier alpha value is -8.35. The Bertz CT molecular complexity index is 3510. The number of benzene rings is 8. The molecule has 0 radical (unpaired) electrons. The summed E-state index contributed by atoms with van der Waals surface area (Å²) in [5.74, 6) is 2.55. The monoisotopic (exact) mass is 790 g/mol. The Morgan fingerprint density at radius 2 is 0.823 bits per heavy atom. The van der Waals surface area contributed by atoms with Gasteiger partial charge in [0.1, 0.15) is 0 Å². The normalized spacial score (nSPS) is 14.5. The smallest absolute Gasteiger partial charge is 0.164 e. The van der Waals surface area contributed by atoms with Gasteiger partial charge in [-0.15, -0.1) is 0 Å². The van der Waals surface area contributed by atoms with Gasteiger partial charge in [-0.1, -0.05) is 194 Å². The Balaban J connectivity index is 1.07. The van der Waals surface area contributed by atoms with Gasteiger partial charge in [0, 0.05) is 44.2 Å². The highest BCUT2D eigenvalue weighted by molar-refractivity contribution is 6.13. The van der Waals surface area contributed by atoms with Crippen LogP contribution >= 0.6 is 0 Å². The first-order chi connectivity index (χ1) is 30.8. The van der Waals surface area contributed by atoms with E-state index in [9.17, 15) is 0 Å². The first kappa shape index (κ1) is 34.5. The molecule has 288 valence electrons. The van der Waals surface area contributed by atoms with Gasteiger partial charge in [-0.2, -0.15) is 0 Å². The molecule has 0 saturated heterocycles. The molecule has 1 aliphatic heterocycles. The maximum absolute atomic E-state index is 5.71. The number of hydrogen-bond acceptors (Lipinski definition) is 5. The minimum Gasteiger partial charge on any atom is -0.309 e. The molecule has 6 heteroatoms. The molecular formula is C56H34N6. The van der Waals surface area contributed by atoms with Gasteiger partial charge in [-0.25, -0.2) is 24.9 Å². The predicted octanol–water partition coefficient (Wildman–Crippen LogP) is 12.8. The van der Waals surface area contributed by atoms with Crippen molar-refractivity contribution in [3.8, 4) is 73.6 Å². The maximum Gasteiger partial charge on any atom is 0.164 e. The SMILES string of the molecule is c1ccc(-c2nc(-c3ccccc3)nc(-c3ccc(-c4nc(-c5ccccc5)nc5c4-c4ccccc4C54c5ccccc5-n5c6ccccc6c6cccc4c65)cc3)n2)cc1. The lowest BCUT2D eigenvalue weighted by atomic mass is 9.67. The van der Waals surface area contributed by atoms with E-state index in [0.717, 1.165) is 56.0 Å². The zero-order valence-electron chi connectivity index (χ0n) is 33.3. The highest BCUT2D eigenvalue weighted by Crippen LogP contribution is 2.62. The molecule has 2 aliphatic rings. The first-order valence-electron chi connectivity index (χ1n) is 20.9. The summed E-state index contributed by atoms with van der Waals surface area (Å²) < 4.78 is 2.47. The Morgan fingerprint density at radius 1 is 0.339 bits per heavy atom. The van der Waals surface area contributed by atoms with Gasteiger partial charge in [0.05, 0.1) is 33.5 Å². The summed E-state index contributed by atoms with van der Waals surface area (Å²) in [7, 11) is 0. The number of fused-ring (bicyclic) bond motifs is 12. The third kappa shape index (κ3) is 4.89. The standard InChI is InChI=1S/C56H34N6/c1-4-17-36(18-5-1)52-57-49(35-31-33-39(34-32-35)55-60-53(37-19-6-2-7-20-37)59-54(61-55)38-21-8-3-9-22-38)48-42-24-10-12-26-43(42)56(51(48)58-52)44-27-13-15-30-47(44)62-46-29-14-11-23-40(46)41-25-16-28-45(56)50(41)62/h1-34H. The average molecular weight is 791 g/mol. The molecule has 8 aromatic carbocycles. The highest BCUT2D eigenvalue weighted by Gasteiger charge is 2.53. The van der Waals surface area contributed by atoms with Crippen molar-refractivity contribution in [2.24, 2.45) is 0 Å². The van der Waals surface area contributed by atoms with Crippen LogP contribution in [0.2, 0.25) is 0 Å². The van der Waals surface area contributed by atoms with E-state index in [0.29, 0.717) is 23.3 Å². The summed E-state index contributed by atoms with van der Waals surface area (Å²) in [6.45, 7) is 0. The van der Waals surface area contributed by atoms with Crippen molar-refractivity contribution >= 4 is 21.8 Å². The van der Waals surface area contributed by atoms with Gasteiger partial charge >= 0.3 is 0 Å². The summed E-state index contributed by atoms with van der Waals surface area (Å²) in [5, 5.41) is 2.47. The molecule has 1 aliphatic carbocycles. The third-order valence-electron chi connectivity index (χ3n) is 12.7. The van der Waals surface area contributed by atoms with Crippen LogP contribution in [-0.2, 0) is 5.41 Å². The van der Waals surface area contributed by atoms with E-state index in [1.165, 1.54) is 38.5 Å². The van der Waals surface area contributed by atoms with E-state index in [-0.39, 0.29) is 0 Å². The highest BCUT2D eigenvalue weighted by atomic mass is 15.0. The van der Waals surface area contributed by atoms with Gasteiger partial charge in [0.15, 0.2) is 23.3 Å². The fourth-order valence-electron chi connectivity index (χ4n) is 10.0. The molecule has 0 bridgehead atoms. The quantitative estimate of drug-likeness (QED) is 0.174. The molecule has 0 saturated carbocycles. The number of para-hydroxylation sites is 3. The fraction of sp³-hybridized carbons (Fsp3) is 0.0179. The molecule has 62 heavy (non-hydrogen) atoms. The zero-order chi connectivity index (χ0) is 40.8. The van der Waals surface area contributed by atoms with Gasteiger partial charge in [-0.05, 0) is 34.4 Å². The van der Waals surface area contributed by atoms with E-state index in [1.54, 1.807) is 0 Å². The lowest BCUT2D eigenvalue weighted by Crippen LogP contribution is -2.34. The van der Waals surface area contributed by atoms with Crippen molar-refractivity contribution in [1.82, 2.24) is 29.5 Å². The van der Waals surface area contributed by atoms with Crippen LogP contribution in [0, 0.1) is 0 Å². The summed E-state index contributed by atoms with van der Waals surface area (Å²) in [6, 6.07) is 72.4. The van der Waals surface area contributed by atoms with Crippen molar-refractivity contribution in [2.45, 2.75) is 5.41 Å². The molecule has 3 aromatic heterocycles. The summed E-state index contributed by atoms with van der Waals surface area (Å²) >= 11 is 0. The fourth-order valence-corrected chi connectivity index (χ4v) is 10.0. The van der Waals surface area contributed by atoms with Gasteiger partial charge in [0.2, 0.25) is 0 Å². The molecule has 0 amide bonds. The Labute approximate surface area is 357 Å². The van der Waals surface area contributed by atoms with E-state index in [4.69, 9.17) is 24.9 Å². The van der Waals surface area contributed by atoms with Crippen LogP contribution in [0.3, 0.4) is 0 Å². The second-order valence-electron chi connectivity index (χ2n) is 16.0. The molecule has 0 N–H and O–H groups in total. The zero-order valence-corrected chi connectivity index (χ0v) is 33.3. The molecule has 6 nitrogen and oxygen atoms in total. The van der Waals surface area contributed by atoms with Crippen LogP contribution < -0.4 is 0 Å². The Kier molecular flexibility index (Phi) is 7.42. The average Bonchev–Trinajstić information content (AvgIpc) is 3.85. The first-order valence-corrected chi connectivity index (χ1v) is 20.9. The van der Waals surface area contributed by atoms with Crippen molar-refractivity contribution in [3.63, 3.8) is 0 Å². The van der Waals surface area contributed by atoms with Crippen molar-refractivity contribution in [3.05, 3.63) is 229 Å². The predicted molar refractivity (Wildman–Crippen MR) is 248 cm³/mol. The van der Waals surface area contributed by atoms with E-state index >= 15 is 0 Å². The van der Waals surface area contributed by atoms with Gasteiger partial charge in [0.25, 0.3) is 0 Å². The van der Waals surface area contributed by atoms with Crippen LogP contribution in [0.15, 0.2) is 206 Å². The van der Waals surface area contributed by atoms with Crippen molar-refractivity contribution < 1.29 is 0 Å². The van der Waals surface area contributed by atoms with E-state index < -0.39 is 5.41 Å². The molecule has 1 spiro atoms. The van der Waals surface area contributed by atoms with Crippen LogP contribution in [0.5, 0.6) is 0 Å². The van der Waals surface area contributed by atoms with Crippen LogP contribution in [-0.4, -0.2) is 29.5 Å². The number of aromatic nitrogens is 6. The summed E-state index contributed by atoms with van der Waals surface area (Å²) in [4.78, 5) is 26.2. The van der Waals surface area contributed by atoms with E-state index in [2.05, 4.69) is 144 Å². The van der Waals surface area contributed by atoms with Crippen LogP contribution in [0.25, 0.3) is 95.4 Å². The molecule has 0 fully saturated rings. The summed E-state index contributed by atoms with van der Waals surface area (Å²) in [5.41, 5.74) is 15.2. The second-order valence-corrected chi connectivity index (χ2v) is 16.0. The molecule has 11 aromatic rings. The second kappa shape index (κ2) is 13.3. The maximum atomic E-state index is 5.71. The number of rotatable bonds is 5. The lowest BCUT2D eigenvalue weighted by Gasteiger charge is -2.38. The lowest BCUT2D eigenvalue weighted by molar-refractivity contribution is 0.720. The molecule has 4 heterocycles. The van der Waals surface area contributed by atoms with Crippen LogP contribution in [0.1, 0.15) is 22.4 Å². The van der Waals surface area contributed by atoms with Crippen LogP contribution in [0.4, 0.5) is 0 Å². The third-order valence-corrected chi connectivity index (χ3v) is 12.7. The summed E-state index contributed by atoms with van der Waals surface area (Å²) in [6.07, 6.45) is 0. The number of nitrogens with zero attached hydrogens (tertiary/aromatic N) is 6. The molecular weight excluding hydrogens is 757 g/mol. The minimum atomic E-state index is -0.722. The molecule has 1 atom stereocenters. The minimum absolute atomic E-state index is 0.605. The van der Waals surface area contributed by atoms with E-state index in [1.807, 2.05) is 66.7 Å². The van der Waals surface area contributed by atoms with Gasteiger partial charge < -0.3 is 4.57 Å². The molecule has 1 unspecified atom stereocenters. The number of hydrogen-bond donors (Lipinski definition) is 0. The van der Waals surface area contributed by atoms with Gasteiger partial charge in [-0.3, -0.25) is 0 Å². The topological polar surface area (TPSA) is 69.4 Å².